The third-order valence-electron chi connectivity index (χ3n) is 1.49. The van der Waals surface area contributed by atoms with Crippen LogP contribution in [-0.4, -0.2) is 13.1 Å². The highest BCUT2D eigenvalue weighted by Gasteiger charge is 1.98. The van der Waals surface area contributed by atoms with Gasteiger partial charge in [-0.1, -0.05) is 13.8 Å². The Hall–Kier alpha value is -0.550. The van der Waals surface area contributed by atoms with E-state index in [2.05, 4.69) is 25.2 Å². The summed E-state index contributed by atoms with van der Waals surface area (Å²) >= 11 is 0. The Morgan fingerprint density at radius 1 is 1.60 bits per heavy atom. The van der Waals surface area contributed by atoms with Crippen molar-refractivity contribution in [3.8, 4) is 6.07 Å². The number of nitriles is 1. The Kier molecular flexibility index (Phi) is 6.21. The fraction of sp³-hybridized carbons (Fsp3) is 0.875. The van der Waals surface area contributed by atoms with Crippen LogP contribution in [0.2, 0.25) is 0 Å². The molecule has 0 amide bonds. The van der Waals surface area contributed by atoms with Gasteiger partial charge in [0.25, 0.3) is 0 Å². The summed E-state index contributed by atoms with van der Waals surface area (Å²) in [7, 11) is 0. The second-order valence-electron chi connectivity index (χ2n) is 2.61. The maximum Gasteiger partial charge on any atom is 0.0621 e. The molecule has 0 heterocycles. The average molecular weight is 140 g/mol. The minimum absolute atomic E-state index is 0.639. The predicted molar refractivity (Wildman–Crippen MR) is 42.6 cm³/mol. The molecule has 0 aliphatic heterocycles. The molecule has 58 valence electrons. The van der Waals surface area contributed by atoms with Crippen LogP contribution in [0.4, 0.5) is 0 Å². The van der Waals surface area contributed by atoms with E-state index in [9.17, 15) is 0 Å². The molecule has 0 spiro atoms. The summed E-state index contributed by atoms with van der Waals surface area (Å²) in [5.41, 5.74) is 0. The summed E-state index contributed by atoms with van der Waals surface area (Å²) in [6.07, 6.45) is 1.70. The molecule has 0 rings (SSSR count). The molecule has 0 saturated carbocycles. The van der Waals surface area contributed by atoms with Gasteiger partial charge in [-0.2, -0.15) is 5.26 Å². The number of nitrogens with zero attached hydrogens (tertiary/aromatic N) is 1. The highest BCUT2D eigenvalue weighted by molar-refractivity contribution is 4.71. The molecule has 1 atom stereocenters. The molecule has 2 nitrogen and oxygen atoms in total. The van der Waals surface area contributed by atoms with Crippen molar-refractivity contribution in [3.63, 3.8) is 0 Å². The van der Waals surface area contributed by atoms with Crippen molar-refractivity contribution in [2.45, 2.75) is 26.7 Å². The van der Waals surface area contributed by atoms with Crippen molar-refractivity contribution in [2.75, 3.05) is 13.1 Å². The smallest absolute Gasteiger partial charge is 0.0621 e. The van der Waals surface area contributed by atoms with E-state index in [1.165, 1.54) is 0 Å². The molecular weight excluding hydrogens is 124 g/mol. The Labute approximate surface area is 63.2 Å². The number of hydrogen-bond acceptors (Lipinski definition) is 2. The van der Waals surface area contributed by atoms with Gasteiger partial charge in [0.05, 0.1) is 6.07 Å². The summed E-state index contributed by atoms with van der Waals surface area (Å²) in [5, 5.41) is 11.5. The summed E-state index contributed by atoms with van der Waals surface area (Å²) in [6.45, 7) is 6.33. The Morgan fingerprint density at radius 3 is 2.80 bits per heavy atom. The Bertz CT molecular complexity index is 104. The summed E-state index contributed by atoms with van der Waals surface area (Å²) in [4.78, 5) is 0. The number of rotatable bonds is 5. The molecule has 0 aromatic heterocycles. The van der Waals surface area contributed by atoms with Crippen molar-refractivity contribution in [1.29, 1.82) is 5.26 Å². The van der Waals surface area contributed by atoms with E-state index in [0.29, 0.717) is 12.3 Å². The van der Waals surface area contributed by atoms with Crippen LogP contribution in [0, 0.1) is 17.2 Å². The molecule has 0 aromatic rings. The standard InChI is InChI=1S/C8H16N2/c1-3-10-7-8(2)5-4-6-9/h8,10H,3-5,7H2,1-2H3. The normalized spacial score (nSPS) is 12.5. The highest BCUT2D eigenvalue weighted by Crippen LogP contribution is 2.01. The van der Waals surface area contributed by atoms with Gasteiger partial charge in [-0.25, -0.2) is 0 Å². The third-order valence-corrected chi connectivity index (χ3v) is 1.49. The van der Waals surface area contributed by atoms with Crippen molar-refractivity contribution in [3.05, 3.63) is 0 Å². The van der Waals surface area contributed by atoms with E-state index >= 15 is 0 Å². The molecule has 0 bridgehead atoms. The van der Waals surface area contributed by atoms with Crippen LogP contribution < -0.4 is 5.32 Å². The van der Waals surface area contributed by atoms with Crippen molar-refractivity contribution in [1.82, 2.24) is 5.32 Å². The first-order valence-electron chi connectivity index (χ1n) is 3.89. The molecule has 0 radical (unpaired) electrons. The molecule has 1 N–H and O–H groups in total. The predicted octanol–water partition coefficient (Wildman–Crippen LogP) is 1.54. The summed E-state index contributed by atoms with van der Waals surface area (Å²) < 4.78 is 0. The number of hydrogen-bond donors (Lipinski definition) is 1. The molecule has 0 aliphatic rings. The summed E-state index contributed by atoms with van der Waals surface area (Å²) in [5.74, 6) is 0.639. The van der Waals surface area contributed by atoms with Crippen LogP contribution in [0.3, 0.4) is 0 Å². The van der Waals surface area contributed by atoms with Crippen LogP contribution in [0.1, 0.15) is 26.7 Å². The average Bonchev–Trinajstić information content (AvgIpc) is 1.97. The Morgan fingerprint density at radius 2 is 2.30 bits per heavy atom. The van der Waals surface area contributed by atoms with E-state index in [1.54, 1.807) is 0 Å². The molecule has 2 heteroatoms. The van der Waals surface area contributed by atoms with Gasteiger partial charge in [0.1, 0.15) is 0 Å². The maximum absolute atomic E-state index is 8.27. The summed E-state index contributed by atoms with van der Waals surface area (Å²) in [6, 6.07) is 2.15. The van der Waals surface area contributed by atoms with E-state index in [4.69, 9.17) is 5.26 Å². The van der Waals surface area contributed by atoms with Crippen molar-refractivity contribution >= 4 is 0 Å². The molecule has 0 aromatic carbocycles. The van der Waals surface area contributed by atoms with Crippen LogP contribution in [0.5, 0.6) is 0 Å². The Balaban J connectivity index is 3.10. The van der Waals surface area contributed by atoms with Crippen LogP contribution in [0.15, 0.2) is 0 Å². The lowest BCUT2D eigenvalue weighted by Crippen LogP contribution is -2.20. The third kappa shape index (κ3) is 5.58. The van der Waals surface area contributed by atoms with E-state index < -0.39 is 0 Å². The van der Waals surface area contributed by atoms with Gasteiger partial charge in [0, 0.05) is 6.42 Å². The van der Waals surface area contributed by atoms with Gasteiger partial charge in [-0.15, -0.1) is 0 Å². The van der Waals surface area contributed by atoms with Crippen molar-refractivity contribution < 1.29 is 0 Å². The van der Waals surface area contributed by atoms with Gasteiger partial charge in [-0.3, -0.25) is 0 Å². The lowest BCUT2D eigenvalue weighted by atomic mass is 10.1. The minimum Gasteiger partial charge on any atom is -0.317 e. The first kappa shape index (κ1) is 9.45. The lowest BCUT2D eigenvalue weighted by molar-refractivity contribution is 0.495. The zero-order chi connectivity index (χ0) is 7.82. The van der Waals surface area contributed by atoms with Crippen LogP contribution >= 0.6 is 0 Å². The van der Waals surface area contributed by atoms with E-state index in [-0.39, 0.29) is 0 Å². The van der Waals surface area contributed by atoms with Gasteiger partial charge in [-0.05, 0) is 25.4 Å². The molecule has 0 fully saturated rings. The second kappa shape index (κ2) is 6.57. The minimum atomic E-state index is 0.639. The molecule has 10 heavy (non-hydrogen) atoms. The van der Waals surface area contributed by atoms with Gasteiger partial charge in [0.15, 0.2) is 0 Å². The highest BCUT2D eigenvalue weighted by atomic mass is 14.8. The van der Waals surface area contributed by atoms with Gasteiger partial charge >= 0.3 is 0 Å². The van der Waals surface area contributed by atoms with Crippen molar-refractivity contribution in [2.24, 2.45) is 5.92 Å². The number of nitrogens with one attached hydrogen (secondary N) is 1. The quantitative estimate of drug-likeness (QED) is 0.628. The molecular formula is C8H16N2. The largest absolute Gasteiger partial charge is 0.317 e. The molecule has 0 saturated heterocycles. The second-order valence-corrected chi connectivity index (χ2v) is 2.61. The molecule has 0 aliphatic carbocycles. The SMILES string of the molecule is CCNCC(C)CCC#N. The first-order chi connectivity index (χ1) is 4.81. The first-order valence-corrected chi connectivity index (χ1v) is 3.89. The fourth-order valence-corrected chi connectivity index (χ4v) is 0.804. The molecule has 1 unspecified atom stereocenters. The fourth-order valence-electron chi connectivity index (χ4n) is 0.804. The zero-order valence-electron chi connectivity index (χ0n) is 6.85. The zero-order valence-corrected chi connectivity index (χ0v) is 6.85. The van der Waals surface area contributed by atoms with Gasteiger partial charge < -0.3 is 5.32 Å². The lowest BCUT2D eigenvalue weighted by Gasteiger charge is -2.08. The topological polar surface area (TPSA) is 35.8 Å². The van der Waals surface area contributed by atoms with Crippen LogP contribution in [-0.2, 0) is 0 Å². The van der Waals surface area contributed by atoms with Gasteiger partial charge in [0.2, 0.25) is 0 Å². The van der Waals surface area contributed by atoms with Crippen LogP contribution in [0.25, 0.3) is 0 Å². The van der Waals surface area contributed by atoms with E-state index in [0.717, 1.165) is 19.5 Å². The maximum atomic E-state index is 8.27. The van der Waals surface area contributed by atoms with E-state index in [1.807, 2.05) is 0 Å². The monoisotopic (exact) mass is 140 g/mol.